The van der Waals surface area contributed by atoms with Crippen molar-refractivity contribution in [2.24, 2.45) is 0 Å². The van der Waals surface area contributed by atoms with Crippen LogP contribution in [0.15, 0.2) is 0 Å². The Hall–Kier alpha value is -0.620. The number of rotatable bonds is 3. The minimum absolute atomic E-state index is 0.106. The number of hydrogen-bond donors (Lipinski definition) is 1. The van der Waals surface area contributed by atoms with Gasteiger partial charge in [0.2, 0.25) is 5.91 Å². The molecule has 0 aromatic carbocycles. The van der Waals surface area contributed by atoms with Gasteiger partial charge >= 0.3 is 0 Å². The number of carbonyl (C=O) groups excluding carboxylic acids is 1. The Balaban J connectivity index is 2.15. The first-order chi connectivity index (χ1) is 6.33. The molecule has 1 amide bonds. The predicted octanol–water partition coefficient (Wildman–Crippen LogP) is 1.41. The zero-order chi connectivity index (χ0) is 9.52. The van der Waals surface area contributed by atoms with Gasteiger partial charge in [0.15, 0.2) is 0 Å². The SMILES string of the molecule is C#CCCC(=O)NC1CCSCC1. The standard InChI is InChI=1S/C10H15NOS/c1-2-3-4-10(12)11-9-5-7-13-8-6-9/h1,9H,3-8H2,(H,11,12). The maximum Gasteiger partial charge on any atom is 0.221 e. The van der Waals surface area contributed by atoms with E-state index in [0.29, 0.717) is 18.9 Å². The van der Waals surface area contributed by atoms with Crippen molar-refractivity contribution in [2.75, 3.05) is 11.5 Å². The number of nitrogens with one attached hydrogen (secondary N) is 1. The highest BCUT2D eigenvalue weighted by atomic mass is 32.2. The molecule has 2 nitrogen and oxygen atoms in total. The Morgan fingerprint density at radius 1 is 1.54 bits per heavy atom. The molecular weight excluding hydrogens is 182 g/mol. The van der Waals surface area contributed by atoms with Crippen molar-refractivity contribution in [3.8, 4) is 12.3 Å². The summed E-state index contributed by atoms with van der Waals surface area (Å²) in [6.45, 7) is 0. The molecule has 0 aromatic rings. The second kappa shape index (κ2) is 5.93. The van der Waals surface area contributed by atoms with Crippen molar-refractivity contribution in [1.29, 1.82) is 0 Å². The van der Waals surface area contributed by atoms with Crippen LogP contribution in [0.25, 0.3) is 0 Å². The maximum absolute atomic E-state index is 11.3. The van der Waals surface area contributed by atoms with Crippen LogP contribution in [0.2, 0.25) is 0 Å². The third-order valence-corrected chi connectivity index (χ3v) is 3.13. The second-order valence-electron chi connectivity index (χ2n) is 3.16. The fourth-order valence-corrected chi connectivity index (χ4v) is 2.43. The summed E-state index contributed by atoms with van der Waals surface area (Å²) in [7, 11) is 0. The van der Waals surface area contributed by atoms with Gasteiger partial charge in [0.05, 0.1) is 0 Å². The van der Waals surface area contributed by atoms with E-state index in [1.807, 2.05) is 11.8 Å². The molecule has 0 aliphatic carbocycles. The summed E-state index contributed by atoms with van der Waals surface area (Å²) >= 11 is 1.96. The molecule has 0 radical (unpaired) electrons. The fraction of sp³-hybridized carbons (Fsp3) is 0.700. The molecule has 0 unspecified atom stereocenters. The van der Waals surface area contributed by atoms with Gasteiger partial charge in [0, 0.05) is 18.9 Å². The summed E-state index contributed by atoms with van der Waals surface area (Å²) in [5, 5.41) is 3.01. The summed E-state index contributed by atoms with van der Waals surface area (Å²) in [6.07, 6.45) is 8.31. The fourth-order valence-electron chi connectivity index (χ4n) is 1.33. The lowest BCUT2D eigenvalue weighted by Gasteiger charge is -2.22. The molecule has 1 aliphatic heterocycles. The number of carbonyl (C=O) groups is 1. The molecule has 0 atom stereocenters. The van der Waals surface area contributed by atoms with Gasteiger partial charge < -0.3 is 5.32 Å². The molecule has 0 aromatic heterocycles. The zero-order valence-electron chi connectivity index (χ0n) is 7.71. The molecule has 1 rings (SSSR count). The van der Waals surface area contributed by atoms with E-state index in [1.165, 1.54) is 11.5 Å². The van der Waals surface area contributed by atoms with Gasteiger partial charge in [0.25, 0.3) is 0 Å². The molecule has 1 aliphatic rings. The van der Waals surface area contributed by atoms with E-state index in [9.17, 15) is 4.79 Å². The lowest BCUT2D eigenvalue weighted by molar-refractivity contribution is -0.121. The third-order valence-electron chi connectivity index (χ3n) is 2.08. The average molecular weight is 197 g/mol. The van der Waals surface area contributed by atoms with E-state index in [1.54, 1.807) is 0 Å². The lowest BCUT2D eigenvalue weighted by Crippen LogP contribution is -2.37. The number of thioether (sulfide) groups is 1. The highest BCUT2D eigenvalue weighted by Crippen LogP contribution is 2.16. The van der Waals surface area contributed by atoms with E-state index in [4.69, 9.17) is 6.42 Å². The zero-order valence-corrected chi connectivity index (χ0v) is 8.53. The number of hydrogen-bond acceptors (Lipinski definition) is 2. The van der Waals surface area contributed by atoms with Gasteiger partial charge in [-0.05, 0) is 24.3 Å². The largest absolute Gasteiger partial charge is 0.353 e. The van der Waals surface area contributed by atoms with Crippen molar-refractivity contribution in [2.45, 2.75) is 31.7 Å². The van der Waals surface area contributed by atoms with Crippen LogP contribution < -0.4 is 5.32 Å². The lowest BCUT2D eigenvalue weighted by atomic mass is 10.1. The Labute approximate surface area is 83.9 Å². The van der Waals surface area contributed by atoms with Gasteiger partial charge in [-0.25, -0.2) is 0 Å². The monoisotopic (exact) mass is 197 g/mol. The first-order valence-corrected chi connectivity index (χ1v) is 5.79. The summed E-state index contributed by atoms with van der Waals surface area (Å²) in [4.78, 5) is 11.3. The topological polar surface area (TPSA) is 29.1 Å². The van der Waals surface area contributed by atoms with Crippen LogP contribution in [0.3, 0.4) is 0 Å². The van der Waals surface area contributed by atoms with Crippen LogP contribution in [0.4, 0.5) is 0 Å². The van der Waals surface area contributed by atoms with Crippen molar-refractivity contribution in [3.63, 3.8) is 0 Å². The Bertz CT molecular complexity index is 203. The predicted molar refractivity (Wildman–Crippen MR) is 56.6 cm³/mol. The molecule has 13 heavy (non-hydrogen) atoms. The van der Waals surface area contributed by atoms with Gasteiger partial charge in [0.1, 0.15) is 0 Å². The molecule has 3 heteroatoms. The summed E-state index contributed by atoms with van der Waals surface area (Å²) in [5.41, 5.74) is 0. The first kappa shape index (κ1) is 10.5. The van der Waals surface area contributed by atoms with E-state index < -0.39 is 0 Å². The normalized spacial score (nSPS) is 17.8. The van der Waals surface area contributed by atoms with Gasteiger partial charge in [-0.15, -0.1) is 12.3 Å². The molecule has 1 N–H and O–H groups in total. The smallest absolute Gasteiger partial charge is 0.221 e. The maximum atomic E-state index is 11.3. The van der Waals surface area contributed by atoms with Gasteiger partial charge in [-0.2, -0.15) is 11.8 Å². The summed E-state index contributed by atoms with van der Waals surface area (Å²) in [6, 6.07) is 0.395. The van der Waals surface area contributed by atoms with Crippen LogP contribution in [-0.2, 0) is 4.79 Å². The minimum atomic E-state index is 0.106. The number of amides is 1. The van der Waals surface area contributed by atoms with E-state index >= 15 is 0 Å². The second-order valence-corrected chi connectivity index (χ2v) is 4.38. The van der Waals surface area contributed by atoms with Gasteiger partial charge in [-0.1, -0.05) is 0 Å². The van der Waals surface area contributed by atoms with E-state index in [-0.39, 0.29) is 5.91 Å². The van der Waals surface area contributed by atoms with E-state index in [0.717, 1.165) is 12.8 Å². The highest BCUT2D eigenvalue weighted by Gasteiger charge is 2.14. The van der Waals surface area contributed by atoms with Crippen molar-refractivity contribution < 1.29 is 4.79 Å². The highest BCUT2D eigenvalue weighted by molar-refractivity contribution is 7.99. The molecule has 1 fully saturated rings. The number of terminal acetylenes is 1. The van der Waals surface area contributed by atoms with Crippen molar-refractivity contribution in [3.05, 3.63) is 0 Å². The quantitative estimate of drug-likeness (QED) is 0.693. The minimum Gasteiger partial charge on any atom is -0.353 e. The first-order valence-electron chi connectivity index (χ1n) is 4.63. The van der Waals surface area contributed by atoms with Crippen LogP contribution in [0.5, 0.6) is 0 Å². The molecular formula is C10H15NOS. The Kier molecular flexibility index (Phi) is 4.77. The van der Waals surface area contributed by atoms with Crippen LogP contribution in [-0.4, -0.2) is 23.5 Å². The van der Waals surface area contributed by atoms with E-state index in [2.05, 4.69) is 11.2 Å². The summed E-state index contributed by atoms with van der Waals surface area (Å²) < 4.78 is 0. The Morgan fingerprint density at radius 3 is 2.85 bits per heavy atom. The van der Waals surface area contributed by atoms with Crippen molar-refractivity contribution >= 4 is 17.7 Å². The van der Waals surface area contributed by atoms with Gasteiger partial charge in [-0.3, -0.25) is 4.79 Å². The molecule has 0 spiro atoms. The average Bonchev–Trinajstić information content (AvgIpc) is 2.16. The van der Waals surface area contributed by atoms with Crippen molar-refractivity contribution in [1.82, 2.24) is 5.32 Å². The molecule has 72 valence electrons. The Morgan fingerprint density at radius 2 is 2.23 bits per heavy atom. The molecule has 0 saturated carbocycles. The van der Waals surface area contributed by atoms with Crippen LogP contribution in [0, 0.1) is 12.3 Å². The molecule has 1 heterocycles. The van der Waals surface area contributed by atoms with Crippen LogP contribution in [0.1, 0.15) is 25.7 Å². The molecule has 1 saturated heterocycles. The summed E-state index contributed by atoms with van der Waals surface area (Å²) in [5.74, 6) is 4.91. The molecule has 0 bridgehead atoms. The third kappa shape index (κ3) is 4.23. The van der Waals surface area contributed by atoms with Crippen LogP contribution >= 0.6 is 11.8 Å².